The van der Waals surface area contributed by atoms with Crippen molar-refractivity contribution in [3.63, 3.8) is 0 Å². The summed E-state index contributed by atoms with van der Waals surface area (Å²) in [6, 6.07) is 2.25. The predicted molar refractivity (Wildman–Crippen MR) is 48.0 cm³/mol. The molecule has 0 saturated carbocycles. The maximum Gasteiger partial charge on any atom is 0.494 e. The van der Waals surface area contributed by atoms with Gasteiger partial charge in [0, 0.05) is 4.90 Å². The van der Waals surface area contributed by atoms with E-state index < -0.39 is 24.2 Å². The first-order valence-electron chi connectivity index (χ1n) is 3.46. The summed E-state index contributed by atoms with van der Waals surface area (Å²) in [5.74, 6) is -1.87. The van der Waals surface area contributed by atoms with Gasteiger partial charge >= 0.3 is 7.12 Å². The summed E-state index contributed by atoms with van der Waals surface area (Å²) in [5, 5.41) is 17.3. The van der Waals surface area contributed by atoms with E-state index in [4.69, 9.17) is 10.0 Å². The topological polar surface area (TPSA) is 40.5 Å². The van der Waals surface area contributed by atoms with Crippen molar-refractivity contribution >= 4 is 24.3 Å². The van der Waals surface area contributed by atoms with Gasteiger partial charge in [0.1, 0.15) is 11.6 Å². The van der Waals surface area contributed by atoms with Crippen LogP contribution in [0.3, 0.4) is 0 Å². The molecule has 0 fully saturated rings. The van der Waals surface area contributed by atoms with Gasteiger partial charge in [0.2, 0.25) is 0 Å². The average Bonchev–Trinajstić information content (AvgIpc) is 2.04. The molecule has 13 heavy (non-hydrogen) atoms. The molecule has 0 aliphatic heterocycles. The lowest BCUT2D eigenvalue weighted by molar-refractivity contribution is 0.418. The highest BCUT2D eigenvalue weighted by Crippen LogP contribution is 2.18. The van der Waals surface area contributed by atoms with E-state index >= 15 is 0 Å². The average molecular weight is 204 g/mol. The number of thioether (sulfide) groups is 1. The zero-order valence-electron chi connectivity index (χ0n) is 6.79. The third-order valence-corrected chi connectivity index (χ3v) is 2.32. The quantitative estimate of drug-likeness (QED) is 0.540. The van der Waals surface area contributed by atoms with Gasteiger partial charge in [-0.3, -0.25) is 0 Å². The maximum atomic E-state index is 13.2. The van der Waals surface area contributed by atoms with E-state index in [1.54, 1.807) is 6.26 Å². The summed E-state index contributed by atoms with van der Waals surface area (Å²) in [7, 11) is -2.12. The number of benzene rings is 1. The van der Waals surface area contributed by atoms with Crippen molar-refractivity contribution in [3.05, 3.63) is 23.8 Å². The second-order valence-electron chi connectivity index (χ2n) is 2.35. The van der Waals surface area contributed by atoms with Crippen LogP contribution in [0.4, 0.5) is 8.78 Å². The maximum absolute atomic E-state index is 13.2. The van der Waals surface area contributed by atoms with Crippen molar-refractivity contribution in [3.8, 4) is 0 Å². The monoisotopic (exact) mass is 204 g/mol. The minimum atomic E-state index is -2.12. The highest BCUT2D eigenvalue weighted by molar-refractivity contribution is 7.98. The third kappa shape index (κ3) is 2.01. The molecule has 0 aromatic heterocycles. The Morgan fingerprint density at radius 1 is 1.31 bits per heavy atom. The van der Waals surface area contributed by atoms with Gasteiger partial charge in [0.15, 0.2) is 0 Å². The van der Waals surface area contributed by atoms with Crippen LogP contribution in [-0.4, -0.2) is 23.4 Å². The molecule has 0 heterocycles. The molecule has 0 bridgehead atoms. The summed E-state index contributed by atoms with van der Waals surface area (Å²) in [4.78, 5) is 0.185. The zero-order chi connectivity index (χ0) is 10.0. The van der Waals surface area contributed by atoms with Gasteiger partial charge in [-0.15, -0.1) is 11.8 Å². The van der Waals surface area contributed by atoms with Crippen LogP contribution in [0.2, 0.25) is 0 Å². The molecule has 1 aromatic rings. The van der Waals surface area contributed by atoms with Crippen molar-refractivity contribution in [2.24, 2.45) is 0 Å². The Kier molecular flexibility index (Phi) is 3.30. The fraction of sp³-hybridized carbons (Fsp3) is 0.143. The number of rotatable bonds is 2. The molecule has 0 amide bonds. The van der Waals surface area contributed by atoms with Crippen molar-refractivity contribution in [1.82, 2.24) is 0 Å². The molecule has 0 atom stereocenters. The Balaban J connectivity index is 3.30. The smallest absolute Gasteiger partial charge is 0.423 e. The molecule has 0 saturated heterocycles. The number of halogens is 2. The lowest BCUT2D eigenvalue weighted by Gasteiger charge is -2.06. The Bertz CT molecular complexity index is 320. The van der Waals surface area contributed by atoms with Gasteiger partial charge in [-0.25, -0.2) is 8.78 Å². The fourth-order valence-corrected chi connectivity index (χ4v) is 1.44. The predicted octanol–water partition coefficient (Wildman–Crippen LogP) is 0.367. The normalized spacial score (nSPS) is 10.2. The van der Waals surface area contributed by atoms with Crippen LogP contribution < -0.4 is 5.46 Å². The van der Waals surface area contributed by atoms with E-state index in [0.717, 1.165) is 17.8 Å². The first kappa shape index (κ1) is 10.5. The first-order valence-corrected chi connectivity index (χ1v) is 4.68. The molecule has 2 nitrogen and oxygen atoms in total. The first-order chi connectivity index (χ1) is 6.07. The molecule has 1 aromatic carbocycles. The van der Waals surface area contributed by atoms with Crippen LogP contribution in [0.15, 0.2) is 17.0 Å². The Morgan fingerprint density at radius 3 is 2.38 bits per heavy atom. The zero-order valence-corrected chi connectivity index (χ0v) is 7.61. The van der Waals surface area contributed by atoms with E-state index in [2.05, 4.69) is 0 Å². The second-order valence-corrected chi connectivity index (χ2v) is 3.20. The van der Waals surface area contributed by atoms with Gasteiger partial charge in [0.25, 0.3) is 0 Å². The minimum Gasteiger partial charge on any atom is -0.423 e. The van der Waals surface area contributed by atoms with Crippen LogP contribution in [0.25, 0.3) is 0 Å². The minimum absolute atomic E-state index is 0.185. The molecule has 0 aliphatic carbocycles. The Labute approximate surface area is 78.7 Å². The van der Waals surface area contributed by atoms with E-state index in [1.165, 1.54) is 6.07 Å². The SMILES string of the molecule is CSc1ccc(F)c(B(O)O)c1F. The number of hydrogen-bond acceptors (Lipinski definition) is 3. The summed E-state index contributed by atoms with van der Waals surface area (Å²) in [5.41, 5.74) is -0.702. The van der Waals surface area contributed by atoms with Crippen LogP contribution in [-0.2, 0) is 0 Å². The van der Waals surface area contributed by atoms with E-state index in [9.17, 15) is 8.78 Å². The van der Waals surface area contributed by atoms with Crippen LogP contribution in [0.5, 0.6) is 0 Å². The molecular weight excluding hydrogens is 197 g/mol. The lowest BCUT2D eigenvalue weighted by Crippen LogP contribution is -2.36. The van der Waals surface area contributed by atoms with Crippen LogP contribution in [0, 0.1) is 11.6 Å². The van der Waals surface area contributed by atoms with Gasteiger partial charge < -0.3 is 10.0 Å². The largest absolute Gasteiger partial charge is 0.494 e. The molecule has 0 spiro atoms. The Morgan fingerprint density at radius 2 is 1.92 bits per heavy atom. The summed E-state index contributed by atoms with van der Waals surface area (Å²) >= 11 is 1.07. The van der Waals surface area contributed by atoms with Crippen LogP contribution in [0.1, 0.15) is 0 Å². The van der Waals surface area contributed by atoms with Crippen molar-refractivity contribution in [2.75, 3.05) is 6.26 Å². The summed E-state index contributed by atoms with van der Waals surface area (Å²) in [6.45, 7) is 0. The molecular formula is C7H7BF2O2S. The van der Waals surface area contributed by atoms with Crippen LogP contribution >= 0.6 is 11.8 Å². The van der Waals surface area contributed by atoms with Crippen molar-refractivity contribution in [2.45, 2.75) is 4.90 Å². The van der Waals surface area contributed by atoms with Gasteiger partial charge in [0.05, 0.1) is 5.46 Å². The van der Waals surface area contributed by atoms with Crippen molar-refractivity contribution < 1.29 is 18.8 Å². The molecule has 0 radical (unpaired) electrons. The molecule has 70 valence electrons. The standard InChI is InChI=1S/C7H7BF2O2S/c1-13-5-3-2-4(9)6(7(5)10)8(11)12/h2-3,11-12H,1H3. The summed E-state index contributed by atoms with van der Waals surface area (Å²) < 4.78 is 26.1. The molecule has 2 N–H and O–H groups in total. The van der Waals surface area contributed by atoms with E-state index in [-0.39, 0.29) is 4.90 Å². The van der Waals surface area contributed by atoms with E-state index in [0.29, 0.717) is 0 Å². The molecule has 1 rings (SSSR count). The highest BCUT2D eigenvalue weighted by atomic mass is 32.2. The molecule has 0 aliphatic rings. The second kappa shape index (κ2) is 4.08. The van der Waals surface area contributed by atoms with Crippen molar-refractivity contribution in [1.29, 1.82) is 0 Å². The number of hydrogen-bond donors (Lipinski definition) is 2. The van der Waals surface area contributed by atoms with E-state index in [1.807, 2.05) is 0 Å². The summed E-state index contributed by atoms with van der Waals surface area (Å²) in [6.07, 6.45) is 1.61. The van der Waals surface area contributed by atoms with Gasteiger partial charge in [-0.1, -0.05) is 0 Å². The lowest BCUT2D eigenvalue weighted by atomic mass is 9.79. The third-order valence-electron chi connectivity index (χ3n) is 1.57. The fourth-order valence-electron chi connectivity index (χ4n) is 0.944. The highest BCUT2D eigenvalue weighted by Gasteiger charge is 2.23. The Hall–Kier alpha value is -0.585. The molecule has 0 unspecified atom stereocenters. The van der Waals surface area contributed by atoms with Gasteiger partial charge in [-0.05, 0) is 18.4 Å². The molecule has 6 heteroatoms. The van der Waals surface area contributed by atoms with Gasteiger partial charge in [-0.2, -0.15) is 0 Å².